The average Bonchev–Trinajstić information content (AvgIpc) is 3.22. The SMILES string of the molecule is C=CC(=O)Nc1ccc2c(ccn2-c2nc(Nc3ccc(S(C)(=N)=O)cc3OC)ncc2Cl)c1. The molecule has 1 atom stereocenters. The molecule has 34 heavy (non-hydrogen) atoms. The second kappa shape index (κ2) is 9.16. The zero-order valence-corrected chi connectivity index (χ0v) is 19.9. The lowest BCUT2D eigenvalue weighted by Crippen LogP contribution is -2.07. The van der Waals surface area contributed by atoms with Crippen molar-refractivity contribution in [3.8, 4) is 11.6 Å². The molecule has 0 saturated heterocycles. The van der Waals surface area contributed by atoms with Crippen LogP contribution >= 0.6 is 11.6 Å². The smallest absolute Gasteiger partial charge is 0.247 e. The summed E-state index contributed by atoms with van der Waals surface area (Å²) in [5, 5.41) is 7.04. The number of halogens is 1. The molecule has 2 aromatic heterocycles. The number of fused-ring (bicyclic) bond motifs is 1. The van der Waals surface area contributed by atoms with E-state index in [-0.39, 0.29) is 11.9 Å². The number of carbonyl (C=O) groups is 1. The van der Waals surface area contributed by atoms with Gasteiger partial charge in [-0.2, -0.15) is 4.98 Å². The number of ether oxygens (including phenoxy) is 1. The quantitative estimate of drug-likeness (QED) is 0.310. The van der Waals surface area contributed by atoms with Crippen molar-refractivity contribution in [2.75, 3.05) is 24.0 Å². The van der Waals surface area contributed by atoms with Crippen LogP contribution in [0.2, 0.25) is 5.02 Å². The van der Waals surface area contributed by atoms with E-state index in [1.165, 1.54) is 25.6 Å². The van der Waals surface area contributed by atoms with Gasteiger partial charge in [-0.05, 0) is 48.5 Å². The number of nitrogens with zero attached hydrogens (tertiary/aromatic N) is 3. The van der Waals surface area contributed by atoms with Crippen molar-refractivity contribution in [2.24, 2.45) is 0 Å². The molecule has 11 heteroatoms. The number of hydrogen-bond acceptors (Lipinski definition) is 7. The summed E-state index contributed by atoms with van der Waals surface area (Å²) in [7, 11) is -1.40. The van der Waals surface area contributed by atoms with E-state index >= 15 is 0 Å². The largest absolute Gasteiger partial charge is 0.495 e. The summed E-state index contributed by atoms with van der Waals surface area (Å²) in [6.45, 7) is 3.46. The molecule has 2 heterocycles. The Morgan fingerprint density at radius 2 is 2.06 bits per heavy atom. The van der Waals surface area contributed by atoms with Crippen molar-refractivity contribution < 1.29 is 13.7 Å². The summed E-state index contributed by atoms with van der Waals surface area (Å²) in [6, 6.07) is 12.2. The summed E-state index contributed by atoms with van der Waals surface area (Å²) >= 11 is 6.42. The van der Waals surface area contributed by atoms with E-state index in [1.807, 2.05) is 29.0 Å². The summed E-state index contributed by atoms with van der Waals surface area (Å²) < 4.78 is 27.0. The van der Waals surface area contributed by atoms with E-state index in [9.17, 15) is 9.00 Å². The highest BCUT2D eigenvalue weighted by Crippen LogP contribution is 2.31. The maximum atomic E-state index is 12.1. The maximum Gasteiger partial charge on any atom is 0.247 e. The van der Waals surface area contributed by atoms with Gasteiger partial charge in [-0.15, -0.1) is 0 Å². The molecule has 174 valence electrons. The Kier molecular flexibility index (Phi) is 6.27. The van der Waals surface area contributed by atoms with Gasteiger partial charge in [0.2, 0.25) is 11.9 Å². The lowest BCUT2D eigenvalue weighted by molar-refractivity contribution is -0.111. The van der Waals surface area contributed by atoms with Crippen LogP contribution in [-0.4, -0.2) is 38.0 Å². The van der Waals surface area contributed by atoms with E-state index in [2.05, 4.69) is 27.2 Å². The molecule has 0 saturated carbocycles. The number of amides is 1. The predicted molar refractivity (Wildman–Crippen MR) is 134 cm³/mol. The minimum atomic E-state index is -2.89. The molecule has 0 aliphatic heterocycles. The number of rotatable bonds is 7. The van der Waals surface area contributed by atoms with Gasteiger partial charge in [-0.1, -0.05) is 18.2 Å². The van der Waals surface area contributed by atoms with Crippen molar-refractivity contribution in [3.63, 3.8) is 0 Å². The van der Waals surface area contributed by atoms with Crippen LogP contribution in [0.1, 0.15) is 0 Å². The van der Waals surface area contributed by atoms with Gasteiger partial charge in [0.15, 0.2) is 5.82 Å². The Morgan fingerprint density at radius 1 is 1.26 bits per heavy atom. The van der Waals surface area contributed by atoms with Crippen LogP contribution in [0, 0.1) is 4.78 Å². The second-order valence-electron chi connectivity index (χ2n) is 7.35. The molecule has 1 unspecified atom stereocenters. The summed E-state index contributed by atoms with van der Waals surface area (Å²) in [5.41, 5.74) is 2.02. The third kappa shape index (κ3) is 4.73. The standard InChI is InChI=1S/C23H21ClN6O3S/c1-4-21(31)27-15-5-8-19-14(11-15)9-10-30(19)22-17(24)13-26-23(29-22)28-18-7-6-16(34(3,25)32)12-20(18)33-2/h4-13,25H,1H2,2-3H3,(H,27,31)(H,26,28,29). The Hall–Kier alpha value is -3.89. The first-order chi connectivity index (χ1) is 16.2. The molecule has 2 aromatic carbocycles. The molecule has 0 aliphatic rings. The molecule has 0 bridgehead atoms. The Balaban J connectivity index is 1.69. The lowest BCUT2D eigenvalue weighted by atomic mass is 10.2. The highest BCUT2D eigenvalue weighted by Gasteiger charge is 2.14. The number of aromatic nitrogens is 3. The molecule has 0 spiro atoms. The monoisotopic (exact) mass is 496 g/mol. The fraction of sp³-hybridized carbons (Fsp3) is 0.0870. The van der Waals surface area contributed by atoms with Gasteiger partial charge in [0.05, 0.1) is 39.1 Å². The van der Waals surface area contributed by atoms with Crippen LogP contribution < -0.4 is 15.4 Å². The first-order valence-electron chi connectivity index (χ1n) is 9.96. The van der Waals surface area contributed by atoms with Crippen LogP contribution in [0.5, 0.6) is 5.75 Å². The molecule has 1 amide bonds. The lowest BCUT2D eigenvalue weighted by Gasteiger charge is -2.13. The first kappa shape index (κ1) is 23.3. The van der Waals surface area contributed by atoms with Crippen LogP contribution in [0.4, 0.5) is 17.3 Å². The number of hydrogen-bond donors (Lipinski definition) is 3. The summed E-state index contributed by atoms with van der Waals surface area (Å²) in [6.07, 6.45) is 5.87. The Morgan fingerprint density at radius 3 is 2.76 bits per heavy atom. The summed E-state index contributed by atoms with van der Waals surface area (Å²) in [5.74, 6) is 0.835. The molecule has 9 nitrogen and oxygen atoms in total. The van der Waals surface area contributed by atoms with Gasteiger partial charge < -0.3 is 15.4 Å². The number of carbonyl (C=O) groups excluding carboxylic acids is 1. The van der Waals surface area contributed by atoms with Gasteiger partial charge in [0.25, 0.3) is 0 Å². The fourth-order valence-corrected chi connectivity index (χ4v) is 4.16. The highest BCUT2D eigenvalue weighted by atomic mass is 35.5. The zero-order chi connectivity index (χ0) is 24.5. The Labute approximate surface area is 201 Å². The van der Waals surface area contributed by atoms with E-state index in [1.54, 1.807) is 24.3 Å². The Bertz CT molecular complexity index is 1530. The van der Waals surface area contributed by atoms with Crippen molar-refractivity contribution in [2.45, 2.75) is 4.90 Å². The van der Waals surface area contributed by atoms with Crippen molar-refractivity contribution in [1.29, 1.82) is 4.78 Å². The fourth-order valence-electron chi connectivity index (χ4n) is 3.32. The van der Waals surface area contributed by atoms with Gasteiger partial charge >= 0.3 is 0 Å². The molecule has 0 radical (unpaired) electrons. The minimum absolute atomic E-state index is 0.269. The van der Waals surface area contributed by atoms with E-state index in [0.717, 1.165) is 10.9 Å². The van der Waals surface area contributed by atoms with E-state index in [4.69, 9.17) is 21.1 Å². The third-order valence-electron chi connectivity index (χ3n) is 4.97. The topological polar surface area (TPSA) is 122 Å². The molecular formula is C23H21ClN6O3S. The maximum absolute atomic E-state index is 12.1. The van der Waals surface area contributed by atoms with Crippen molar-refractivity contribution in [3.05, 3.63) is 72.5 Å². The van der Waals surface area contributed by atoms with Gasteiger partial charge in [-0.3, -0.25) is 9.36 Å². The average molecular weight is 497 g/mol. The summed E-state index contributed by atoms with van der Waals surface area (Å²) in [4.78, 5) is 20.8. The molecule has 0 fully saturated rings. The van der Waals surface area contributed by atoms with Crippen molar-refractivity contribution in [1.82, 2.24) is 14.5 Å². The van der Waals surface area contributed by atoms with Crippen LogP contribution in [-0.2, 0) is 14.5 Å². The third-order valence-corrected chi connectivity index (χ3v) is 6.39. The zero-order valence-electron chi connectivity index (χ0n) is 18.3. The van der Waals surface area contributed by atoms with Crippen LogP contribution in [0.25, 0.3) is 16.7 Å². The number of benzene rings is 2. The molecule has 4 rings (SSSR count). The number of nitrogens with one attached hydrogen (secondary N) is 3. The van der Waals surface area contributed by atoms with Gasteiger partial charge in [-0.25, -0.2) is 14.0 Å². The molecule has 3 N–H and O–H groups in total. The first-order valence-corrected chi connectivity index (χ1v) is 12.3. The number of methoxy groups -OCH3 is 1. The normalized spacial score (nSPS) is 12.7. The molecular weight excluding hydrogens is 476 g/mol. The molecule has 0 aliphatic carbocycles. The van der Waals surface area contributed by atoms with Crippen LogP contribution in [0.3, 0.4) is 0 Å². The highest BCUT2D eigenvalue weighted by molar-refractivity contribution is 7.91. The van der Waals surface area contributed by atoms with E-state index < -0.39 is 9.73 Å². The molecule has 4 aromatic rings. The van der Waals surface area contributed by atoms with Crippen LogP contribution in [0.15, 0.2) is 72.4 Å². The number of anilines is 3. The van der Waals surface area contributed by atoms with Crippen molar-refractivity contribution >= 4 is 55.5 Å². The minimum Gasteiger partial charge on any atom is -0.495 e. The van der Waals surface area contributed by atoms with E-state index in [0.29, 0.717) is 32.9 Å². The second-order valence-corrected chi connectivity index (χ2v) is 9.91. The predicted octanol–water partition coefficient (Wildman–Crippen LogP) is 4.99. The van der Waals surface area contributed by atoms with Gasteiger partial charge in [0.1, 0.15) is 10.8 Å². The van der Waals surface area contributed by atoms with Gasteiger partial charge in [0, 0.05) is 23.5 Å².